The molecule has 0 saturated carbocycles. The van der Waals surface area contributed by atoms with Crippen molar-refractivity contribution in [3.63, 3.8) is 0 Å². The molecule has 0 fully saturated rings. The number of carbonyl (C=O) groups is 2. The molecule has 0 saturated heterocycles. The monoisotopic (exact) mass is 395 g/mol. The first-order valence-electron chi connectivity index (χ1n) is 7.56. The molecule has 2 amide bonds. The first-order chi connectivity index (χ1) is 12.2. The molecule has 138 valence electrons. The van der Waals surface area contributed by atoms with Gasteiger partial charge in [-0.25, -0.2) is 8.42 Å². The molecule has 0 aliphatic carbocycles. The molecule has 0 atom stereocenters. The summed E-state index contributed by atoms with van der Waals surface area (Å²) in [5.41, 5.74) is 0.483. The number of nitrogens with one attached hydrogen (secondary N) is 2. The Labute approximate surface area is 157 Å². The van der Waals surface area contributed by atoms with Gasteiger partial charge in [0, 0.05) is 30.4 Å². The van der Waals surface area contributed by atoms with E-state index in [4.69, 9.17) is 11.6 Å². The van der Waals surface area contributed by atoms with Gasteiger partial charge in [0.25, 0.3) is 15.9 Å². The lowest BCUT2D eigenvalue weighted by molar-refractivity contribution is -0.127. The van der Waals surface area contributed by atoms with Gasteiger partial charge in [-0.15, -0.1) is 0 Å². The Morgan fingerprint density at radius 2 is 1.73 bits per heavy atom. The van der Waals surface area contributed by atoms with E-state index in [1.165, 1.54) is 41.3 Å². The zero-order valence-corrected chi connectivity index (χ0v) is 15.8. The van der Waals surface area contributed by atoms with Crippen LogP contribution in [-0.2, 0) is 14.8 Å². The van der Waals surface area contributed by atoms with Gasteiger partial charge in [-0.1, -0.05) is 17.7 Å². The first kappa shape index (κ1) is 19.7. The predicted molar refractivity (Wildman–Crippen MR) is 99.7 cm³/mol. The summed E-state index contributed by atoms with van der Waals surface area (Å²) >= 11 is 5.78. The molecule has 9 heteroatoms. The number of benzene rings is 2. The third-order valence-electron chi connectivity index (χ3n) is 3.40. The summed E-state index contributed by atoms with van der Waals surface area (Å²) in [5, 5.41) is 2.94. The number of rotatable bonds is 6. The Kier molecular flexibility index (Phi) is 6.23. The van der Waals surface area contributed by atoms with E-state index in [-0.39, 0.29) is 22.9 Å². The van der Waals surface area contributed by atoms with Gasteiger partial charge in [-0.2, -0.15) is 0 Å². The molecule has 0 aliphatic rings. The van der Waals surface area contributed by atoms with E-state index in [0.717, 1.165) is 0 Å². The summed E-state index contributed by atoms with van der Waals surface area (Å²) in [7, 11) is -0.728. The van der Waals surface area contributed by atoms with E-state index < -0.39 is 15.9 Å². The van der Waals surface area contributed by atoms with E-state index in [2.05, 4.69) is 10.0 Å². The van der Waals surface area contributed by atoms with Crippen LogP contribution in [-0.4, -0.2) is 45.8 Å². The van der Waals surface area contributed by atoms with E-state index >= 15 is 0 Å². The van der Waals surface area contributed by atoms with Crippen LogP contribution in [0.4, 0.5) is 5.69 Å². The topological polar surface area (TPSA) is 95.6 Å². The smallest absolute Gasteiger partial charge is 0.261 e. The standard InChI is InChI=1S/C17H18ClN3O4S/c1-21(2)16(22)11-19-17(23)12-4-3-5-15(10-12)26(24,25)20-14-8-6-13(18)7-9-14/h3-10,20H,11H2,1-2H3,(H,19,23). The summed E-state index contributed by atoms with van der Waals surface area (Å²) in [6.45, 7) is -0.175. The molecule has 7 nitrogen and oxygen atoms in total. The van der Waals surface area contributed by atoms with Gasteiger partial charge in [0.15, 0.2) is 0 Å². The minimum atomic E-state index is -3.88. The fourth-order valence-electron chi connectivity index (χ4n) is 1.95. The molecular weight excluding hydrogens is 378 g/mol. The average Bonchev–Trinajstić information content (AvgIpc) is 2.61. The number of likely N-dealkylation sites (N-methyl/N-ethyl adjacent to an activating group) is 1. The Hall–Kier alpha value is -2.58. The van der Waals surface area contributed by atoms with E-state index in [1.54, 1.807) is 26.2 Å². The highest BCUT2D eigenvalue weighted by Crippen LogP contribution is 2.19. The van der Waals surface area contributed by atoms with E-state index in [1.807, 2.05) is 0 Å². The van der Waals surface area contributed by atoms with Gasteiger partial charge >= 0.3 is 0 Å². The van der Waals surface area contributed by atoms with Crippen molar-refractivity contribution >= 4 is 39.1 Å². The lowest BCUT2D eigenvalue weighted by atomic mass is 10.2. The van der Waals surface area contributed by atoms with Crippen LogP contribution in [0, 0.1) is 0 Å². The number of sulfonamides is 1. The fraction of sp³-hybridized carbons (Fsp3) is 0.176. The van der Waals surface area contributed by atoms with Crippen molar-refractivity contribution in [3.8, 4) is 0 Å². The Morgan fingerprint density at radius 3 is 2.35 bits per heavy atom. The summed E-state index contributed by atoms with van der Waals surface area (Å²) in [6, 6.07) is 11.7. The van der Waals surface area contributed by atoms with Crippen molar-refractivity contribution in [3.05, 3.63) is 59.1 Å². The van der Waals surface area contributed by atoms with E-state index in [9.17, 15) is 18.0 Å². The fourth-order valence-corrected chi connectivity index (χ4v) is 3.18. The van der Waals surface area contributed by atoms with Crippen molar-refractivity contribution in [2.24, 2.45) is 0 Å². The summed E-state index contributed by atoms with van der Waals surface area (Å²) in [6.07, 6.45) is 0. The second kappa shape index (κ2) is 8.20. The first-order valence-corrected chi connectivity index (χ1v) is 9.42. The quantitative estimate of drug-likeness (QED) is 0.781. The van der Waals surface area contributed by atoms with Crippen LogP contribution in [0.25, 0.3) is 0 Å². The number of halogens is 1. The lowest BCUT2D eigenvalue weighted by Gasteiger charge is -2.12. The molecule has 0 radical (unpaired) electrons. The molecule has 2 rings (SSSR count). The van der Waals surface area contributed by atoms with Crippen molar-refractivity contribution in [1.82, 2.24) is 10.2 Å². The normalized spacial score (nSPS) is 10.9. The van der Waals surface area contributed by atoms with Crippen LogP contribution >= 0.6 is 11.6 Å². The van der Waals surface area contributed by atoms with Crippen LogP contribution in [0.3, 0.4) is 0 Å². The highest BCUT2D eigenvalue weighted by molar-refractivity contribution is 7.92. The van der Waals surface area contributed by atoms with Gasteiger partial charge in [-0.05, 0) is 42.5 Å². The number of hydrogen-bond donors (Lipinski definition) is 2. The Bertz CT molecular complexity index is 912. The number of amides is 2. The van der Waals surface area contributed by atoms with Gasteiger partial charge in [0.05, 0.1) is 11.4 Å². The molecule has 26 heavy (non-hydrogen) atoms. The molecule has 0 unspecified atom stereocenters. The van der Waals surface area contributed by atoms with Crippen molar-refractivity contribution < 1.29 is 18.0 Å². The SMILES string of the molecule is CN(C)C(=O)CNC(=O)c1cccc(S(=O)(=O)Nc2ccc(Cl)cc2)c1. The number of nitrogens with zero attached hydrogens (tertiary/aromatic N) is 1. The summed E-state index contributed by atoms with van der Waals surface area (Å²) < 4.78 is 27.4. The minimum Gasteiger partial charge on any atom is -0.347 e. The van der Waals surface area contributed by atoms with Gasteiger partial charge in [0.1, 0.15) is 0 Å². The molecule has 2 aromatic rings. The predicted octanol–water partition coefficient (Wildman–Crippen LogP) is 1.96. The molecule has 0 heterocycles. The highest BCUT2D eigenvalue weighted by Gasteiger charge is 2.17. The second-order valence-corrected chi connectivity index (χ2v) is 7.73. The van der Waals surface area contributed by atoms with Gasteiger partial charge in [0.2, 0.25) is 5.91 Å². The van der Waals surface area contributed by atoms with Crippen LogP contribution in [0.1, 0.15) is 10.4 Å². The average molecular weight is 396 g/mol. The maximum Gasteiger partial charge on any atom is 0.261 e. The van der Waals surface area contributed by atoms with Crippen LogP contribution in [0.5, 0.6) is 0 Å². The minimum absolute atomic E-state index is 0.0703. The second-order valence-electron chi connectivity index (χ2n) is 5.61. The van der Waals surface area contributed by atoms with Gasteiger partial charge in [-0.3, -0.25) is 14.3 Å². The molecule has 0 aromatic heterocycles. The maximum atomic E-state index is 12.5. The van der Waals surface area contributed by atoms with Crippen LogP contribution in [0.2, 0.25) is 5.02 Å². The molecule has 2 N–H and O–H groups in total. The van der Waals surface area contributed by atoms with Crippen molar-refractivity contribution in [2.75, 3.05) is 25.4 Å². The summed E-state index contributed by atoms with van der Waals surface area (Å²) in [4.78, 5) is 24.9. The Morgan fingerprint density at radius 1 is 1.08 bits per heavy atom. The number of carbonyl (C=O) groups excluding carboxylic acids is 2. The van der Waals surface area contributed by atoms with Crippen molar-refractivity contribution in [2.45, 2.75) is 4.90 Å². The zero-order valence-electron chi connectivity index (χ0n) is 14.2. The van der Waals surface area contributed by atoms with Crippen LogP contribution in [0.15, 0.2) is 53.4 Å². The van der Waals surface area contributed by atoms with Crippen LogP contribution < -0.4 is 10.0 Å². The van der Waals surface area contributed by atoms with Crippen molar-refractivity contribution in [1.29, 1.82) is 0 Å². The Balaban J connectivity index is 2.15. The van der Waals surface area contributed by atoms with Gasteiger partial charge < -0.3 is 10.2 Å². The third kappa shape index (κ3) is 5.21. The molecule has 2 aromatic carbocycles. The molecule has 0 spiro atoms. The molecule has 0 bridgehead atoms. The molecule has 0 aliphatic heterocycles. The lowest BCUT2D eigenvalue weighted by Crippen LogP contribution is -2.36. The zero-order chi connectivity index (χ0) is 19.3. The highest BCUT2D eigenvalue weighted by atomic mass is 35.5. The molecular formula is C17H18ClN3O4S. The van der Waals surface area contributed by atoms with E-state index in [0.29, 0.717) is 10.7 Å². The summed E-state index contributed by atoms with van der Waals surface area (Å²) in [5.74, 6) is -0.810. The largest absolute Gasteiger partial charge is 0.347 e. The maximum absolute atomic E-state index is 12.5. The third-order valence-corrected chi connectivity index (χ3v) is 5.03. The number of anilines is 1. The number of hydrogen-bond acceptors (Lipinski definition) is 4.